The first-order valence-corrected chi connectivity index (χ1v) is 6.29. The molecule has 0 bridgehead atoms. The van der Waals surface area contributed by atoms with Crippen molar-refractivity contribution < 1.29 is 9.52 Å². The van der Waals surface area contributed by atoms with Crippen molar-refractivity contribution in [3.05, 3.63) is 54.0 Å². The van der Waals surface area contributed by atoms with Gasteiger partial charge in [0.25, 0.3) is 0 Å². The lowest BCUT2D eigenvalue weighted by atomic mass is 10.0. The summed E-state index contributed by atoms with van der Waals surface area (Å²) in [5, 5.41) is 12.8. The van der Waals surface area contributed by atoms with Crippen LogP contribution in [0.25, 0.3) is 0 Å². The molecule has 0 aliphatic heterocycles. The Hall–Kier alpha value is -1.74. The van der Waals surface area contributed by atoms with E-state index in [9.17, 15) is 5.11 Å². The largest absolute Gasteiger partial charge is 0.508 e. The normalized spacial score (nSPS) is 14.3. The summed E-state index contributed by atoms with van der Waals surface area (Å²) in [6, 6.07) is 11.6. The van der Waals surface area contributed by atoms with Crippen molar-refractivity contribution in [3.8, 4) is 5.75 Å². The highest BCUT2D eigenvalue weighted by molar-refractivity contribution is 5.28. The molecular formula is C15H19NO2. The molecule has 1 unspecified atom stereocenters. The van der Waals surface area contributed by atoms with E-state index in [4.69, 9.17) is 4.42 Å². The van der Waals surface area contributed by atoms with Crippen LogP contribution in [0.4, 0.5) is 0 Å². The van der Waals surface area contributed by atoms with E-state index in [2.05, 4.69) is 19.2 Å². The first-order valence-electron chi connectivity index (χ1n) is 6.29. The number of phenolic OH excluding ortho intramolecular Hbond substituents is 1. The topological polar surface area (TPSA) is 45.4 Å². The van der Waals surface area contributed by atoms with Gasteiger partial charge in [0, 0.05) is 6.04 Å². The Kier molecular flexibility index (Phi) is 4.05. The second-order valence-corrected chi connectivity index (χ2v) is 4.46. The third-order valence-corrected chi connectivity index (χ3v) is 3.12. The molecule has 18 heavy (non-hydrogen) atoms. The molecule has 96 valence electrons. The van der Waals surface area contributed by atoms with Gasteiger partial charge in [-0.3, -0.25) is 0 Å². The van der Waals surface area contributed by atoms with Crippen LogP contribution in [-0.4, -0.2) is 5.11 Å². The molecule has 2 rings (SSSR count). The number of rotatable bonds is 5. The summed E-state index contributed by atoms with van der Waals surface area (Å²) in [4.78, 5) is 0. The first kappa shape index (κ1) is 12.7. The third-order valence-electron chi connectivity index (χ3n) is 3.12. The van der Waals surface area contributed by atoms with E-state index in [1.807, 2.05) is 24.3 Å². The van der Waals surface area contributed by atoms with Crippen LogP contribution in [0.5, 0.6) is 5.75 Å². The minimum absolute atomic E-state index is 0.166. The molecule has 1 aromatic carbocycles. The van der Waals surface area contributed by atoms with Gasteiger partial charge in [-0.1, -0.05) is 19.1 Å². The Labute approximate surface area is 107 Å². The molecule has 2 N–H and O–H groups in total. The molecule has 0 spiro atoms. The number of furan rings is 1. The van der Waals surface area contributed by atoms with E-state index >= 15 is 0 Å². The van der Waals surface area contributed by atoms with Crippen LogP contribution in [0.2, 0.25) is 0 Å². The van der Waals surface area contributed by atoms with E-state index in [-0.39, 0.29) is 12.1 Å². The molecule has 0 saturated heterocycles. The summed E-state index contributed by atoms with van der Waals surface area (Å²) in [6.07, 6.45) is 2.67. The predicted octanol–water partition coefficient (Wildman–Crippen LogP) is 3.79. The summed E-state index contributed by atoms with van der Waals surface area (Å²) in [7, 11) is 0. The van der Waals surface area contributed by atoms with Gasteiger partial charge in [0.2, 0.25) is 0 Å². The molecule has 1 aromatic heterocycles. The molecule has 3 heteroatoms. The molecule has 2 atom stereocenters. The molecular weight excluding hydrogens is 226 g/mol. The Morgan fingerprint density at radius 3 is 2.50 bits per heavy atom. The lowest BCUT2D eigenvalue weighted by molar-refractivity contribution is 0.386. The SMILES string of the molecule is CCC(N[C@H](C)c1ccco1)c1ccc(O)cc1. The van der Waals surface area contributed by atoms with Gasteiger partial charge in [-0.15, -0.1) is 0 Å². The van der Waals surface area contributed by atoms with Crippen molar-refractivity contribution >= 4 is 0 Å². The summed E-state index contributed by atoms with van der Waals surface area (Å²) in [6.45, 7) is 4.22. The van der Waals surface area contributed by atoms with Crippen LogP contribution in [0.15, 0.2) is 47.1 Å². The fourth-order valence-corrected chi connectivity index (χ4v) is 2.08. The highest BCUT2D eigenvalue weighted by Gasteiger charge is 2.15. The predicted molar refractivity (Wildman–Crippen MR) is 71.4 cm³/mol. The average molecular weight is 245 g/mol. The summed E-state index contributed by atoms with van der Waals surface area (Å²) >= 11 is 0. The second kappa shape index (κ2) is 5.74. The van der Waals surface area contributed by atoms with Crippen molar-refractivity contribution in [2.24, 2.45) is 0 Å². The van der Waals surface area contributed by atoms with Gasteiger partial charge in [0.15, 0.2) is 0 Å². The number of phenols is 1. The quantitative estimate of drug-likeness (QED) is 0.842. The van der Waals surface area contributed by atoms with E-state index in [0.717, 1.165) is 12.2 Å². The zero-order valence-corrected chi connectivity index (χ0v) is 10.8. The smallest absolute Gasteiger partial charge is 0.120 e. The van der Waals surface area contributed by atoms with E-state index in [1.165, 1.54) is 5.56 Å². The minimum atomic E-state index is 0.166. The van der Waals surface area contributed by atoms with Crippen molar-refractivity contribution in [1.82, 2.24) is 5.32 Å². The maximum Gasteiger partial charge on any atom is 0.120 e. The molecule has 0 aliphatic rings. The molecule has 3 nitrogen and oxygen atoms in total. The monoisotopic (exact) mass is 245 g/mol. The average Bonchev–Trinajstić information content (AvgIpc) is 2.91. The molecule has 0 fully saturated rings. The number of aromatic hydroxyl groups is 1. The van der Waals surface area contributed by atoms with Gasteiger partial charge >= 0.3 is 0 Å². The second-order valence-electron chi connectivity index (χ2n) is 4.46. The van der Waals surface area contributed by atoms with Crippen LogP contribution >= 0.6 is 0 Å². The van der Waals surface area contributed by atoms with Crippen LogP contribution in [0, 0.1) is 0 Å². The van der Waals surface area contributed by atoms with Crippen LogP contribution < -0.4 is 5.32 Å². The fourth-order valence-electron chi connectivity index (χ4n) is 2.08. The van der Waals surface area contributed by atoms with Gasteiger partial charge in [-0.2, -0.15) is 0 Å². The van der Waals surface area contributed by atoms with Crippen molar-refractivity contribution in [3.63, 3.8) is 0 Å². The summed E-state index contributed by atoms with van der Waals surface area (Å²) in [5.74, 6) is 1.24. The molecule has 0 amide bonds. The van der Waals surface area contributed by atoms with Gasteiger partial charge in [-0.25, -0.2) is 0 Å². The van der Waals surface area contributed by atoms with E-state index in [0.29, 0.717) is 5.75 Å². The Bertz CT molecular complexity index is 462. The lowest BCUT2D eigenvalue weighted by Gasteiger charge is -2.21. The molecule has 0 radical (unpaired) electrons. The van der Waals surface area contributed by atoms with Gasteiger partial charge in [-0.05, 0) is 43.2 Å². The molecule has 2 aromatic rings. The van der Waals surface area contributed by atoms with Gasteiger partial charge in [0.05, 0.1) is 12.3 Å². The standard InChI is InChI=1S/C15H19NO2/c1-3-14(12-6-8-13(17)9-7-12)16-11(2)15-5-4-10-18-15/h4-11,14,16-17H,3H2,1-2H3/t11-,14?/m1/s1. The zero-order chi connectivity index (χ0) is 13.0. The summed E-state index contributed by atoms with van der Waals surface area (Å²) < 4.78 is 5.39. The van der Waals surface area contributed by atoms with Crippen LogP contribution in [0.1, 0.15) is 43.7 Å². The number of hydrogen-bond donors (Lipinski definition) is 2. The zero-order valence-electron chi connectivity index (χ0n) is 10.8. The highest BCUT2D eigenvalue weighted by Crippen LogP contribution is 2.23. The fraction of sp³-hybridized carbons (Fsp3) is 0.333. The van der Waals surface area contributed by atoms with E-state index < -0.39 is 0 Å². The number of benzene rings is 1. The maximum atomic E-state index is 9.31. The van der Waals surface area contributed by atoms with Crippen LogP contribution in [-0.2, 0) is 0 Å². The number of hydrogen-bond acceptors (Lipinski definition) is 3. The summed E-state index contributed by atoms with van der Waals surface area (Å²) in [5.41, 5.74) is 1.17. The number of nitrogens with one attached hydrogen (secondary N) is 1. The molecule has 1 heterocycles. The minimum Gasteiger partial charge on any atom is -0.508 e. The third kappa shape index (κ3) is 2.93. The van der Waals surface area contributed by atoms with Crippen molar-refractivity contribution in [2.45, 2.75) is 32.4 Å². The van der Waals surface area contributed by atoms with Gasteiger partial charge < -0.3 is 14.8 Å². The Balaban J connectivity index is 2.07. The highest BCUT2D eigenvalue weighted by atomic mass is 16.3. The van der Waals surface area contributed by atoms with Crippen molar-refractivity contribution in [2.75, 3.05) is 0 Å². The Morgan fingerprint density at radius 2 is 1.94 bits per heavy atom. The van der Waals surface area contributed by atoms with Crippen molar-refractivity contribution in [1.29, 1.82) is 0 Å². The maximum absolute atomic E-state index is 9.31. The molecule has 0 saturated carbocycles. The van der Waals surface area contributed by atoms with E-state index in [1.54, 1.807) is 18.4 Å². The lowest BCUT2D eigenvalue weighted by Crippen LogP contribution is -2.23. The van der Waals surface area contributed by atoms with Gasteiger partial charge in [0.1, 0.15) is 11.5 Å². The van der Waals surface area contributed by atoms with Crippen LogP contribution in [0.3, 0.4) is 0 Å². The Morgan fingerprint density at radius 1 is 1.22 bits per heavy atom. The first-order chi connectivity index (χ1) is 8.70. The molecule has 0 aliphatic carbocycles.